The molecule has 0 aromatic heterocycles. The van der Waals surface area contributed by atoms with Gasteiger partial charge in [0.2, 0.25) is 5.91 Å². The fourth-order valence-electron chi connectivity index (χ4n) is 1.58. The molecule has 1 amide bonds. The van der Waals surface area contributed by atoms with Gasteiger partial charge in [-0.3, -0.25) is 4.79 Å². The highest BCUT2D eigenvalue weighted by Gasteiger charge is 2.08. The molecule has 4 nitrogen and oxygen atoms in total. The van der Waals surface area contributed by atoms with Gasteiger partial charge in [0.1, 0.15) is 0 Å². The van der Waals surface area contributed by atoms with Gasteiger partial charge in [-0.15, -0.1) is 0 Å². The lowest BCUT2D eigenvalue weighted by Gasteiger charge is -2.15. The predicted molar refractivity (Wildman–Crippen MR) is 70.9 cm³/mol. The highest BCUT2D eigenvalue weighted by Crippen LogP contribution is 2.12. The van der Waals surface area contributed by atoms with Crippen molar-refractivity contribution in [2.45, 2.75) is 32.9 Å². The van der Waals surface area contributed by atoms with Gasteiger partial charge < -0.3 is 10.6 Å². The van der Waals surface area contributed by atoms with Gasteiger partial charge in [-0.25, -0.2) is 0 Å². The van der Waals surface area contributed by atoms with E-state index in [1.165, 1.54) is 0 Å². The Bertz CT molecular complexity index is 431. The molecule has 0 bridgehead atoms. The molecule has 0 aliphatic rings. The van der Waals surface area contributed by atoms with Gasteiger partial charge in [0, 0.05) is 12.1 Å². The van der Waals surface area contributed by atoms with Crippen LogP contribution in [0.15, 0.2) is 24.3 Å². The van der Waals surface area contributed by atoms with E-state index < -0.39 is 0 Å². The van der Waals surface area contributed by atoms with Crippen LogP contribution in [0, 0.1) is 11.3 Å². The first kappa shape index (κ1) is 14.2. The lowest BCUT2D eigenvalue weighted by Crippen LogP contribution is -2.38. The normalized spacial score (nSPS) is 11.9. The van der Waals surface area contributed by atoms with Gasteiger partial charge in [0.25, 0.3) is 0 Å². The molecule has 0 aliphatic heterocycles. The molecule has 1 aromatic carbocycles. The first-order chi connectivity index (χ1) is 8.52. The van der Waals surface area contributed by atoms with Crippen molar-refractivity contribution in [3.8, 4) is 6.07 Å². The number of hydrogen-bond donors (Lipinski definition) is 2. The molecular formula is C14H19N3O. The lowest BCUT2D eigenvalue weighted by molar-refractivity contribution is -0.120. The number of amides is 1. The zero-order valence-electron chi connectivity index (χ0n) is 11.0. The zero-order chi connectivity index (χ0) is 13.5. The summed E-state index contributed by atoms with van der Waals surface area (Å²) in [4.78, 5) is 11.5. The molecular weight excluding hydrogens is 226 g/mol. The molecule has 0 spiro atoms. The molecule has 96 valence electrons. The van der Waals surface area contributed by atoms with Crippen LogP contribution in [0.5, 0.6) is 0 Å². The first-order valence-electron chi connectivity index (χ1n) is 6.05. The fraction of sp³-hybridized carbons (Fsp3) is 0.429. The van der Waals surface area contributed by atoms with E-state index in [-0.39, 0.29) is 18.0 Å². The summed E-state index contributed by atoms with van der Waals surface area (Å²) >= 11 is 0. The maximum atomic E-state index is 11.5. The van der Waals surface area contributed by atoms with E-state index in [9.17, 15) is 4.79 Å². The fourth-order valence-corrected chi connectivity index (χ4v) is 1.58. The molecule has 18 heavy (non-hydrogen) atoms. The maximum absolute atomic E-state index is 11.5. The van der Waals surface area contributed by atoms with Gasteiger partial charge in [-0.05, 0) is 38.5 Å². The topological polar surface area (TPSA) is 64.9 Å². The standard InChI is InChI=1S/C14H19N3O/c1-10(2)17-14(18)9-16-11(3)13-6-4-12(8-15)5-7-13/h4-7,10-11,16H,9H2,1-3H3,(H,17,18). The molecule has 1 unspecified atom stereocenters. The molecule has 1 rings (SSSR count). The van der Waals surface area contributed by atoms with Crippen LogP contribution in [-0.4, -0.2) is 18.5 Å². The van der Waals surface area contributed by atoms with Gasteiger partial charge in [-0.2, -0.15) is 5.26 Å². The molecule has 0 aliphatic carbocycles. The van der Waals surface area contributed by atoms with Crippen molar-refractivity contribution in [1.29, 1.82) is 5.26 Å². The van der Waals surface area contributed by atoms with Crippen LogP contribution in [0.4, 0.5) is 0 Å². The van der Waals surface area contributed by atoms with Gasteiger partial charge in [0.05, 0.1) is 18.2 Å². The largest absolute Gasteiger partial charge is 0.353 e. The summed E-state index contributed by atoms with van der Waals surface area (Å²) in [6, 6.07) is 9.67. The van der Waals surface area contributed by atoms with E-state index in [2.05, 4.69) is 16.7 Å². The summed E-state index contributed by atoms with van der Waals surface area (Å²) in [6.45, 7) is 6.15. The second kappa shape index (κ2) is 6.77. The molecule has 1 atom stereocenters. The van der Waals surface area contributed by atoms with Crippen LogP contribution >= 0.6 is 0 Å². The number of carbonyl (C=O) groups is 1. The third-order valence-corrected chi connectivity index (χ3v) is 2.56. The van der Waals surface area contributed by atoms with E-state index in [1.54, 1.807) is 12.1 Å². The Kier molecular flexibility index (Phi) is 5.34. The lowest BCUT2D eigenvalue weighted by atomic mass is 10.1. The second-order valence-electron chi connectivity index (χ2n) is 4.56. The molecule has 0 radical (unpaired) electrons. The van der Waals surface area contributed by atoms with Crippen LogP contribution in [0.2, 0.25) is 0 Å². The molecule has 4 heteroatoms. The summed E-state index contributed by atoms with van der Waals surface area (Å²) in [5, 5.41) is 14.7. The molecule has 0 saturated carbocycles. The second-order valence-corrected chi connectivity index (χ2v) is 4.56. The molecule has 1 aromatic rings. The molecule has 2 N–H and O–H groups in total. The van der Waals surface area contributed by atoms with E-state index in [0.717, 1.165) is 5.56 Å². The number of nitrogens with zero attached hydrogens (tertiary/aromatic N) is 1. The Morgan fingerprint density at radius 2 is 1.89 bits per heavy atom. The number of hydrogen-bond acceptors (Lipinski definition) is 3. The van der Waals surface area contributed by atoms with Crippen molar-refractivity contribution in [3.05, 3.63) is 35.4 Å². The number of benzene rings is 1. The monoisotopic (exact) mass is 245 g/mol. The number of carbonyl (C=O) groups excluding carboxylic acids is 1. The minimum atomic E-state index is -0.00880. The van der Waals surface area contributed by atoms with Gasteiger partial charge in [-0.1, -0.05) is 12.1 Å². The highest BCUT2D eigenvalue weighted by atomic mass is 16.1. The third kappa shape index (κ3) is 4.56. The van der Waals surface area contributed by atoms with Crippen LogP contribution in [0.1, 0.15) is 37.9 Å². The van der Waals surface area contributed by atoms with Gasteiger partial charge in [0.15, 0.2) is 0 Å². The van der Waals surface area contributed by atoms with Crippen molar-refractivity contribution < 1.29 is 4.79 Å². The van der Waals surface area contributed by atoms with E-state index in [4.69, 9.17) is 5.26 Å². The molecule has 0 fully saturated rings. The number of nitrogens with one attached hydrogen (secondary N) is 2. The third-order valence-electron chi connectivity index (χ3n) is 2.56. The Hall–Kier alpha value is -1.86. The smallest absolute Gasteiger partial charge is 0.234 e. The summed E-state index contributed by atoms with van der Waals surface area (Å²) in [7, 11) is 0. The molecule has 0 saturated heterocycles. The van der Waals surface area contributed by atoms with Crippen LogP contribution in [-0.2, 0) is 4.79 Å². The van der Waals surface area contributed by atoms with Crippen molar-refractivity contribution in [3.63, 3.8) is 0 Å². The summed E-state index contributed by atoms with van der Waals surface area (Å²) in [5.41, 5.74) is 1.70. The number of nitriles is 1. The minimum Gasteiger partial charge on any atom is -0.353 e. The van der Waals surface area contributed by atoms with Crippen molar-refractivity contribution >= 4 is 5.91 Å². The number of rotatable bonds is 5. The predicted octanol–water partition coefficient (Wildman–Crippen LogP) is 1.73. The van der Waals surface area contributed by atoms with Crippen molar-refractivity contribution in [2.24, 2.45) is 0 Å². The Labute approximate surface area is 108 Å². The summed E-state index contributed by atoms with van der Waals surface area (Å²) < 4.78 is 0. The Morgan fingerprint density at radius 3 is 2.39 bits per heavy atom. The summed E-state index contributed by atoms with van der Waals surface area (Å²) in [5.74, 6) is -0.00880. The van der Waals surface area contributed by atoms with Gasteiger partial charge >= 0.3 is 0 Å². The average molecular weight is 245 g/mol. The van der Waals surface area contributed by atoms with Crippen LogP contribution < -0.4 is 10.6 Å². The summed E-state index contributed by atoms with van der Waals surface area (Å²) in [6.07, 6.45) is 0. The Balaban J connectivity index is 2.47. The van der Waals surface area contributed by atoms with Crippen molar-refractivity contribution in [1.82, 2.24) is 10.6 Å². The zero-order valence-corrected chi connectivity index (χ0v) is 11.0. The minimum absolute atomic E-state index is 0.00880. The van der Waals surface area contributed by atoms with Crippen LogP contribution in [0.25, 0.3) is 0 Å². The van der Waals surface area contributed by atoms with E-state index in [0.29, 0.717) is 12.1 Å². The quantitative estimate of drug-likeness (QED) is 0.830. The molecule has 0 heterocycles. The maximum Gasteiger partial charge on any atom is 0.234 e. The highest BCUT2D eigenvalue weighted by molar-refractivity contribution is 5.78. The average Bonchev–Trinajstić information content (AvgIpc) is 2.35. The van der Waals surface area contributed by atoms with E-state index >= 15 is 0 Å². The van der Waals surface area contributed by atoms with Crippen LogP contribution in [0.3, 0.4) is 0 Å². The Morgan fingerprint density at radius 1 is 1.28 bits per heavy atom. The van der Waals surface area contributed by atoms with E-state index in [1.807, 2.05) is 32.9 Å². The SMILES string of the molecule is CC(C)NC(=O)CNC(C)c1ccc(C#N)cc1. The van der Waals surface area contributed by atoms with Crippen molar-refractivity contribution in [2.75, 3.05) is 6.54 Å². The first-order valence-corrected chi connectivity index (χ1v) is 6.05.